The molecule has 1 aliphatic heterocycles. The molecular formula is C14H17N3. The van der Waals surface area contributed by atoms with Crippen molar-refractivity contribution in [1.82, 2.24) is 9.78 Å². The lowest BCUT2D eigenvalue weighted by Gasteiger charge is -2.19. The molecule has 0 amide bonds. The average molecular weight is 227 g/mol. The minimum Gasteiger partial charge on any atom is -0.385 e. The number of hydrogen-bond donors (Lipinski definition) is 1. The van der Waals surface area contributed by atoms with Crippen LogP contribution in [0.2, 0.25) is 0 Å². The molecule has 1 aliphatic rings. The van der Waals surface area contributed by atoms with E-state index in [1.54, 1.807) is 0 Å². The third-order valence-corrected chi connectivity index (χ3v) is 3.29. The Balaban J connectivity index is 2.06. The number of anilines is 1. The molecule has 1 aromatic carbocycles. The Morgan fingerprint density at radius 1 is 1.24 bits per heavy atom. The summed E-state index contributed by atoms with van der Waals surface area (Å²) >= 11 is 0. The van der Waals surface area contributed by atoms with Crippen molar-refractivity contribution in [2.24, 2.45) is 0 Å². The van der Waals surface area contributed by atoms with Crippen molar-refractivity contribution in [1.29, 1.82) is 0 Å². The molecule has 3 rings (SSSR count). The lowest BCUT2D eigenvalue weighted by Crippen LogP contribution is -2.12. The van der Waals surface area contributed by atoms with E-state index in [4.69, 9.17) is 0 Å². The summed E-state index contributed by atoms with van der Waals surface area (Å²) in [6.07, 6.45) is 2.41. The first kappa shape index (κ1) is 10.4. The highest BCUT2D eigenvalue weighted by Crippen LogP contribution is 2.25. The third-order valence-electron chi connectivity index (χ3n) is 3.29. The minimum absolute atomic E-state index is 1.06. The number of aryl methyl sites for hydroxylation is 3. The molecule has 1 N–H and O–H groups in total. The highest BCUT2D eigenvalue weighted by Gasteiger charge is 2.10. The second kappa shape index (κ2) is 3.91. The zero-order chi connectivity index (χ0) is 11.8. The molecule has 88 valence electrons. The summed E-state index contributed by atoms with van der Waals surface area (Å²) in [5.41, 5.74) is 6.07. The zero-order valence-electron chi connectivity index (χ0n) is 10.3. The number of nitrogens with zero attached hydrogens (tertiary/aromatic N) is 2. The monoisotopic (exact) mass is 227 g/mol. The van der Waals surface area contributed by atoms with Crippen LogP contribution in [0.3, 0.4) is 0 Å². The van der Waals surface area contributed by atoms with Gasteiger partial charge in [0.1, 0.15) is 0 Å². The van der Waals surface area contributed by atoms with Crippen LogP contribution in [-0.2, 0) is 6.42 Å². The van der Waals surface area contributed by atoms with Crippen LogP contribution in [0, 0.1) is 13.8 Å². The van der Waals surface area contributed by atoms with Crippen LogP contribution in [0.25, 0.3) is 5.69 Å². The van der Waals surface area contributed by atoms with Gasteiger partial charge < -0.3 is 5.32 Å². The van der Waals surface area contributed by atoms with Crippen LogP contribution in [-0.4, -0.2) is 16.3 Å². The SMILES string of the molecule is Cc1cc(C)n(-c2ccc3c(c2)NCCC3)n1. The van der Waals surface area contributed by atoms with Gasteiger partial charge in [-0.3, -0.25) is 0 Å². The fraction of sp³-hybridized carbons (Fsp3) is 0.357. The van der Waals surface area contributed by atoms with Crippen molar-refractivity contribution < 1.29 is 0 Å². The smallest absolute Gasteiger partial charge is 0.0669 e. The van der Waals surface area contributed by atoms with E-state index >= 15 is 0 Å². The van der Waals surface area contributed by atoms with Gasteiger partial charge in [-0.25, -0.2) is 4.68 Å². The average Bonchev–Trinajstić information content (AvgIpc) is 2.68. The normalized spacial score (nSPS) is 14.2. The summed E-state index contributed by atoms with van der Waals surface area (Å²) in [6.45, 7) is 5.20. The molecule has 0 aliphatic carbocycles. The number of hydrogen-bond acceptors (Lipinski definition) is 2. The number of aromatic nitrogens is 2. The Bertz CT molecular complexity index is 555. The first-order valence-corrected chi connectivity index (χ1v) is 6.14. The Morgan fingerprint density at radius 3 is 2.88 bits per heavy atom. The van der Waals surface area contributed by atoms with Crippen LogP contribution in [0.1, 0.15) is 23.4 Å². The zero-order valence-corrected chi connectivity index (χ0v) is 10.3. The van der Waals surface area contributed by atoms with Crippen molar-refractivity contribution in [2.45, 2.75) is 26.7 Å². The molecule has 0 saturated carbocycles. The minimum atomic E-state index is 1.06. The molecule has 0 bridgehead atoms. The number of rotatable bonds is 1. The lowest BCUT2D eigenvalue weighted by atomic mass is 10.0. The Hall–Kier alpha value is -1.77. The van der Waals surface area contributed by atoms with Crippen molar-refractivity contribution >= 4 is 5.69 Å². The first-order valence-electron chi connectivity index (χ1n) is 6.14. The van der Waals surface area contributed by atoms with Crippen LogP contribution in [0.4, 0.5) is 5.69 Å². The fourth-order valence-corrected chi connectivity index (χ4v) is 2.47. The highest BCUT2D eigenvalue weighted by molar-refractivity contribution is 5.58. The first-order chi connectivity index (χ1) is 8.24. The van der Waals surface area contributed by atoms with Gasteiger partial charge in [0.15, 0.2) is 0 Å². The summed E-state index contributed by atoms with van der Waals surface area (Å²) in [4.78, 5) is 0. The predicted octanol–water partition coefficient (Wildman–Crippen LogP) is 2.85. The standard InChI is InChI=1S/C14H17N3/c1-10-8-11(2)17(16-10)13-6-5-12-4-3-7-15-14(12)9-13/h5-6,8-9,15H,3-4,7H2,1-2H3. The third kappa shape index (κ3) is 1.82. The topological polar surface area (TPSA) is 29.9 Å². The Labute approximate surface area is 101 Å². The molecule has 2 heterocycles. The van der Waals surface area contributed by atoms with Gasteiger partial charge in [-0.2, -0.15) is 5.10 Å². The highest BCUT2D eigenvalue weighted by atomic mass is 15.3. The molecule has 3 heteroatoms. The van der Waals surface area contributed by atoms with Gasteiger partial charge in [-0.1, -0.05) is 6.07 Å². The second-order valence-corrected chi connectivity index (χ2v) is 4.71. The molecule has 0 radical (unpaired) electrons. The molecule has 0 fully saturated rings. The number of benzene rings is 1. The Morgan fingerprint density at radius 2 is 2.12 bits per heavy atom. The largest absolute Gasteiger partial charge is 0.385 e. The van der Waals surface area contributed by atoms with Crippen molar-refractivity contribution in [2.75, 3.05) is 11.9 Å². The van der Waals surface area contributed by atoms with Crippen molar-refractivity contribution in [3.8, 4) is 5.69 Å². The maximum atomic E-state index is 4.52. The van der Waals surface area contributed by atoms with Crippen LogP contribution in [0.5, 0.6) is 0 Å². The van der Waals surface area contributed by atoms with E-state index in [0.717, 1.165) is 17.9 Å². The summed E-state index contributed by atoms with van der Waals surface area (Å²) < 4.78 is 2.01. The van der Waals surface area contributed by atoms with Crippen LogP contribution >= 0.6 is 0 Å². The molecule has 0 saturated heterocycles. The van der Waals surface area contributed by atoms with E-state index in [-0.39, 0.29) is 0 Å². The van der Waals surface area contributed by atoms with E-state index in [9.17, 15) is 0 Å². The van der Waals surface area contributed by atoms with Gasteiger partial charge in [-0.05, 0) is 50.5 Å². The van der Waals surface area contributed by atoms with E-state index in [1.165, 1.54) is 29.8 Å². The molecule has 0 unspecified atom stereocenters. The Kier molecular flexibility index (Phi) is 2.39. The summed E-state index contributed by atoms with van der Waals surface area (Å²) in [7, 11) is 0. The predicted molar refractivity (Wildman–Crippen MR) is 69.8 cm³/mol. The summed E-state index contributed by atoms with van der Waals surface area (Å²) in [5.74, 6) is 0. The van der Waals surface area contributed by atoms with Gasteiger partial charge in [0.2, 0.25) is 0 Å². The van der Waals surface area contributed by atoms with E-state index in [0.29, 0.717) is 0 Å². The van der Waals surface area contributed by atoms with E-state index < -0.39 is 0 Å². The van der Waals surface area contributed by atoms with Crippen LogP contribution in [0.15, 0.2) is 24.3 Å². The van der Waals surface area contributed by atoms with E-state index in [1.807, 2.05) is 11.6 Å². The maximum absolute atomic E-state index is 4.52. The van der Waals surface area contributed by atoms with Gasteiger partial charge >= 0.3 is 0 Å². The van der Waals surface area contributed by atoms with Gasteiger partial charge in [0.25, 0.3) is 0 Å². The molecule has 17 heavy (non-hydrogen) atoms. The van der Waals surface area contributed by atoms with E-state index in [2.05, 4.69) is 41.6 Å². The molecule has 1 aromatic heterocycles. The number of nitrogens with one attached hydrogen (secondary N) is 1. The van der Waals surface area contributed by atoms with Crippen LogP contribution < -0.4 is 5.32 Å². The molecular weight excluding hydrogens is 210 g/mol. The molecule has 0 spiro atoms. The lowest BCUT2D eigenvalue weighted by molar-refractivity contribution is 0.813. The van der Waals surface area contributed by atoms with Gasteiger partial charge in [0, 0.05) is 17.9 Å². The van der Waals surface area contributed by atoms with Gasteiger partial charge in [0.05, 0.1) is 11.4 Å². The number of fused-ring (bicyclic) bond motifs is 1. The second-order valence-electron chi connectivity index (χ2n) is 4.71. The van der Waals surface area contributed by atoms with Crippen molar-refractivity contribution in [3.63, 3.8) is 0 Å². The van der Waals surface area contributed by atoms with Crippen molar-refractivity contribution in [3.05, 3.63) is 41.2 Å². The fourth-order valence-electron chi connectivity index (χ4n) is 2.47. The quantitative estimate of drug-likeness (QED) is 0.812. The molecule has 2 aromatic rings. The maximum Gasteiger partial charge on any atom is 0.0669 e. The summed E-state index contributed by atoms with van der Waals surface area (Å²) in [6, 6.07) is 8.68. The molecule has 3 nitrogen and oxygen atoms in total. The molecule has 0 atom stereocenters. The van der Waals surface area contributed by atoms with Gasteiger partial charge in [-0.15, -0.1) is 0 Å². The summed E-state index contributed by atoms with van der Waals surface area (Å²) in [5, 5.41) is 7.98.